The van der Waals surface area contributed by atoms with Crippen molar-refractivity contribution in [3.8, 4) is 5.75 Å². The van der Waals surface area contributed by atoms with Gasteiger partial charge in [-0.1, -0.05) is 29.4 Å². The number of nitrogens with one attached hydrogen (secondary N) is 2. The molecule has 0 aliphatic heterocycles. The molecule has 0 bridgehead atoms. The molecule has 0 saturated heterocycles. The molecule has 34 heavy (non-hydrogen) atoms. The lowest BCUT2D eigenvalue weighted by molar-refractivity contribution is -0.113. The fraction of sp³-hybridized carbons (Fsp3) is 0.174. The van der Waals surface area contributed by atoms with Crippen molar-refractivity contribution in [3.05, 3.63) is 77.1 Å². The van der Waals surface area contributed by atoms with Crippen molar-refractivity contribution < 1.29 is 14.3 Å². The summed E-state index contributed by atoms with van der Waals surface area (Å²) in [6.45, 7) is 0.368. The molecule has 4 aromatic rings. The molecule has 0 unspecified atom stereocenters. The number of rotatable bonds is 9. The smallest absolute Gasteiger partial charge is 0.251 e. The number of fused-ring (bicyclic) bond motifs is 1. The Morgan fingerprint density at radius 1 is 1.09 bits per heavy atom. The van der Waals surface area contributed by atoms with Crippen LogP contribution in [0.15, 0.2) is 65.7 Å². The zero-order chi connectivity index (χ0) is 23.9. The van der Waals surface area contributed by atoms with E-state index in [1.165, 1.54) is 11.8 Å². The van der Waals surface area contributed by atoms with E-state index in [2.05, 4.69) is 25.9 Å². The van der Waals surface area contributed by atoms with Crippen LogP contribution in [-0.4, -0.2) is 51.0 Å². The summed E-state index contributed by atoms with van der Waals surface area (Å²) < 4.78 is 6.73. The molecule has 4 rings (SSSR count). The number of hydrogen-bond donors (Lipinski definition) is 2. The number of methoxy groups -OCH3 is 1. The number of aromatic nitrogens is 4. The largest absolute Gasteiger partial charge is 0.497 e. The van der Waals surface area contributed by atoms with E-state index in [1.807, 2.05) is 0 Å². The van der Waals surface area contributed by atoms with Crippen LogP contribution in [0.5, 0.6) is 5.75 Å². The van der Waals surface area contributed by atoms with Gasteiger partial charge < -0.3 is 15.4 Å². The average molecular weight is 497 g/mol. The Balaban J connectivity index is 1.32. The van der Waals surface area contributed by atoms with Crippen LogP contribution in [0.2, 0.25) is 5.02 Å². The number of carbonyl (C=O) groups is 2. The number of benzene rings is 2. The number of carbonyl (C=O) groups excluding carboxylic acids is 2. The van der Waals surface area contributed by atoms with E-state index in [4.69, 9.17) is 16.3 Å². The van der Waals surface area contributed by atoms with E-state index in [9.17, 15) is 9.59 Å². The highest BCUT2D eigenvalue weighted by molar-refractivity contribution is 7.99. The van der Waals surface area contributed by atoms with Crippen molar-refractivity contribution in [1.82, 2.24) is 25.1 Å². The minimum atomic E-state index is -0.189. The predicted octanol–water partition coefficient (Wildman–Crippen LogP) is 3.49. The van der Waals surface area contributed by atoms with Crippen molar-refractivity contribution in [2.45, 2.75) is 11.4 Å². The van der Waals surface area contributed by atoms with Crippen molar-refractivity contribution >= 4 is 46.5 Å². The van der Waals surface area contributed by atoms with Crippen LogP contribution in [-0.2, 0) is 11.2 Å². The van der Waals surface area contributed by atoms with Crippen molar-refractivity contribution in [2.75, 3.05) is 24.7 Å². The van der Waals surface area contributed by atoms with Gasteiger partial charge in [0.05, 0.1) is 12.9 Å². The third-order valence-corrected chi connectivity index (χ3v) is 5.90. The van der Waals surface area contributed by atoms with E-state index in [0.29, 0.717) is 51.5 Å². The van der Waals surface area contributed by atoms with Crippen molar-refractivity contribution in [1.29, 1.82) is 0 Å². The summed E-state index contributed by atoms with van der Waals surface area (Å²) in [5.41, 5.74) is 1.77. The van der Waals surface area contributed by atoms with Crippen LogP contribution in [0.1, 0.15) is 16.2 Å². The normalized spacial score (nSPS) is 10.8. The minimum Gasteiger partial charge on any atom is -0.497 e. The molecule has 0 aliphatic carbocycles. The monoisotopic (exact) mass is 496 g/mol. The van der Waals surface area contributed by atoms with Gasteiger partial charge in [-0.25, -0.2) is 0 Å². The average Bonchev–Trinajstić information content (AvgIpc) is 3.25. The van der Waals surface area contributed by atoms with Crippen molar-refractivity contribution in [3.63, 3.8) is 0 Å². The molecule has 11 heteroatoms. The second-order valence-electron chi connectivity index (χ2n) is 7.14. The Labute approximate surface area is 204 Å². The van der Waals surface area contributed by atoms with E-state index < -0.39 is 0 Å². The van der Waals surface area contributed by atoms with Gasteiger partial charge in [-0.3, -0.25) is 9.59 Å². The maximum absolute atomic E-state index is 12.3. The molecule has 0 aliphatic rings. The lowest BCUT2D eigenvalue weighted by atomic mass is 10.2. The zero-order valence-corrected chi connectivity index (χ0v) is 19.8. The van der Waals surface area contributed by atoms with Gasteiger partial charge in [0.1, 0.15) is 10.8 Å². The van der Waals surface area contributed by atoms with E-state index >= 15 is 0 Å². The maximum atomic E-state index is 12.3. The Morgan fingerprint density at radius 2 is 1.91 bits per heavy atom. The van der Waals surface area contributed by atoms with Gasteiger partial charge in [0.15, 0.2) is 11.5 Å². The van der Waals surface area contributed by atoms with E-state index in [0.717, 1.165) is 0 Å². The zero-order valence-electron chi connectivity index (χ0n) is 18.2. The highest BCUT2D eigenvalue weighted by Crippen LogP contribution is 2.18. The van der Waals surface area contributed by atoms with Gasteiger partial charge in [-0.2, -0.15) is 9.61 Å². The first kappa shape index (κ1) is 23.5. The second-order valence-corrected chi connectivity index (χ2v) is 8.57. The first-order chi connectivity index (χ1) is 16.5. The minimum absolute atomic E-state index is 0.167. The number of amides is 2. The molecule has 174 valence electrons. The summed E-state index contributed by atoms with van der Waals surface area (Å²) in [7, 11) is 1.58. The van der Waals surface area contributed by atoms with Crippen LogP contribution < -0.4 is 15.4 Å². The van der Waals surface area contributed by atoms with Gasteiger partial charge in [0, 0.05) is 29.2 Å². The Hall–Kier alpha value is -3.63. The highest BCUT2D eigenvalue weighted by atomic mass is 35.5. The predicted molar refractivity (Wildman–Crippen MR) is 131 cm³/mol. The van der Waals surface area contributed by atoms with Crippen molar-refractivity contribution in [2.24, 2.45) is 0 Å². The molecule has 0 radical (unpaired) electrons. The third-order valence-electron chi connectivity index (χ3n) is 4.75. The van der Waals surface area contributed by atoms with E-state index in [-0.39, 0.29) is 17.6 Å². The van der Waals surface area contributed by atoms with Crippen LogP contribution in [0.25, 0.3) is 5.65 Å². The van der Waals surface area contributed by atoms with Gasteiger partial charge in [-0.15, -0.1) is 10.2 Å². The van der Waals surface area contributed by atoms with Gasteiger partial charge in [0.2, 0.25) is 5.91 Å². The molecule has 2 amide bonds. The van der Waals surface area contributed by atoms with Gasteiger partial charge in [-0.05, 0) is 54.6 Å². The molecule has 0 fully saturated rings. The molecule has 2 N–H and O–H groups in total. The molecule has 0 saturated carbocycles. The number of thioether (sulfide) groups is 1. The number of ether oxygens (including phenoxy) is 1. The summed E-state index contributed by atoms with van der Waals surface area (Å²) in [5.74, 6) is 1.12. The molecule has 2 aromatic carbocycles. The fourth-order valence-electron chi connectivity index (χ4n) is 3.08. The molecule has 9 nitrogen and oxygen atoms in total. The lowest BCUT2D eigenvalue weighted by Crippen LogP contribution is -2.26. The topological polar surface area (TPSA) is 111 Å². The van der Waals surface area contributed by atoms with Gasteiger partial charge >= 0.3 is 0 Å². The third kappa shape index (κ3) is 6.03. The Bertz CT molecular complexity index is 1310. The number of hydrogen-bond acceptors (Lipinski definition) is 7. The molecule has 2 heterocycles. The number of anilines is 1. The molecular weight excluding hydrogens is 476 g/mol. The number of halogens is 1. The first-order valence-corrected chi connectivity index (χ1v) is 11.7. The number of nitrogens with zero attached hydrogens (tertiary/aromatic N) is 4. The summed E-state index contributed by atoms with van der Waals surface area (Å²) in [5, 5.41) is 19.7. The summed E-state index contributed by atoms with van der Waals surface area (Å²) in [6, 6.07) is 17.4. The second kappa shape index (κ2) is 11.0. The molecule has 0 spiro atoms. The Kier molecular flexibility index (Phi) is 7.61. The maximum Gasteiger partial charge on any atom is 0.251 e. The van der Waals surface area contributed by atoms with Crippen LogP contribution in [0.4, 0.5) is 5.69 Å². The molecule has 2 aromatic heterocycles. The summed E-state index contributed by atoms with van der Waals surface area (Å²) >= 11 is 7.24. The highest BCUT2D eigenvalue weighted by Gasteiger charge is 2.11. The summed E-state index contributed by atoms with van der Waals surface area (Å²) in [4.78, 5) is 24.6. The molecular formula is C23H21ClN6O3S. The fourth-order valence-corrected chi connectivity index (χ4v) is 3.93. The lowest BCUT2D eigenvalue weighted by Gasteiger charge is -2.07. The summed E-state index contributed by atoms with van der Waals surface area (Å²) in [6.07, 6.45) is 0.444. The SMILES string of the molecule is COc1ccc(C(=O)NCCc2nnc3ccc(SCC(=O)Nc4cccc(Cl)c4)nn23)cc1. The quantitative estimate of drug-likeness (QED) is 0.341. The first-order valence-electron chi connectivity index (χ1n) is 10.3. The van der Waals surface area contributed by atoms with Crippen LogP contribution in [0.3, 0.4) is 0 Å². The van der Waals surface area contributed by atoms with Gasteiger partial charge in [0.25, 0.3) is 5.91 Å². The standard InChI is InChI=1S/C23H21ClN6O3S/c1-33-18-7-5-15(6-8-18)23(32)25-12-11-20-28-27-19-9-10-22(29-30(19)20)34-14-21(31)26-17-4-2-3-16(24)13-17/h2-10,13H,11-12,14H2,1H3,(H,25,32)(H,26,31). The van der Waals surface area contributed by atoms with Crippen LogP contribution >= 0.6 is 23.4 Å². The van der Waals surface area contributed by atoms with E-state index in [1.54, 1.807) is 72.3 Å². The Morgan fingerprint density at radius 3 is 2.68 bits per heavy atom. The molecule has 0 atom stereocenters. The van der Waals surface area contributed by atoms with Crippen LogP contribution in [0, 0.1) is 0 Å².